The summed E-state index contributed by atoms with van der Waals surface area (Å²) in [5.74, 6) is 0.834. The van der Waals surface area contributed by atoms with Gasteiger partial charge in [-0.2, -0.15) is 0 Å². The number of hydrogen-bond acceptors (Lipinski definition) is 3. The normalized spacial score (nSPS) is 12.8. The molecule has 0 aromatic heterocycles. The molecule has 1 rings (SSSR count). The van der Waals surface area contributed by atoms with E-state index in [4.69, 9.17) is 9.47 Å². The van der Waals surface area contributed by atoms with Crippen molar-refractivity contribution in [2.24, 2.45) is 0 Å². The second-order valence-corrected chi connectivity index (χ2v) is 4.24. The third-order valence-electron chi connectivity index (χ3n) is 2.38. The van der Waals surface area contributed by atoms with Crippen molar-refractivity contribution in [1.29, 1.82) is 0 Å². The third kappa shape index (κ3) is 5.20. The van der Waals surface area contributed by atoms with Gasteiger partial charge in [0.1, 0.15) is 5.75 Å². The number of ether oxygens (including phenoxy) is 2. The number of aliphatic hydroxyl groups is 1. The third-order valence-corrected chi connectivity index (χ3v) is 2.38. The van der Waals surface area contributed by atoms with E-state index in [1.165, 1.54) is 0 Å². The van der Waals surface area contributed by atoms with Crippen molar-refractivity contribution >= 4 is 0 Å². The lowest BCUT2D eigenvalue weighted by atomic mass is 10.1. The van der Waals surface area contributed by atoms with E-state index in [1.54, 1.807) is 0 Å². The standard InChI is InChI=1S/C14H22O3/c1-4-16-10-9-14(15)12-5-7-13(8-6-12)17-11(2)3/h5-8,11,14-15H,4,9-10H2,1-3H3. The highest BCUT2D eigenvalue weighted by atomic mass is 16.5. The molecule has 0 spiro atoms. The number of hydrogen-bond donors (Lipinski definition) is 1. The Morgan fingerprint density at radius 2 is 1.82 bits per heavy atom. The first-order valence-corrected chi connectivity index (χ1v) is 6.16. The molecule has 0 heterocycles. The van der Waals surface area contributed by atoms with Gasteiger partial charge in [-0.15, -0.1) is 0 Å². The lowest BCUT2D eigenvalue weighted by Crippen LogP contribution is -2.06. The van der Waals surface area contributed by atoms with Crippen LogP contribution in [0.1, 0.15) is 38.9 Å². The molecule has 0 aliphatic carbocycles. The highest BCUT2D eigenvalue weighted by Gasteiger charge is 2.07. The van der Waals surface area contributed by atoms with Crippen molar-refractivity contribution in [3.63, 3.8) is 0 Å². The van der Waals surface area contributed by atoms with Crippen molar-refractivity contribution in [2.75, 3.05) is 13.2 Å². The van der Waals surface area contributed by atoms with Gasteiger partial charge < -0.3 is 14.6 Å². The minimum atomic E-state index is -0.463. The van der Waals surface area contributed by atoms with Gasteiger partial charge in [-0.3, -0.25) is 0 Å². The second kappa shape index (κ2) is 7.30. The predicted octanol–water partition coefficient (Wildman–Crippen LogP) is 2.93. The molecule has 17 heavy (non-hydrogen) atoms. The zero-order chi connectivity index (χ0) is 12.7. The molecule has 0 aliphatic rings. The van der Waals surface area contributed by atoms with E-state index in [9.17, 15) is 5.11 Å². The van der Waals surface area contributed by atoms with E-state index in [0.717, 1.165) is 11.3 Å². The molecule has 0 bridgehead atoms. The largest absolute Gasteiger partial charge is 0.491 e. The van der Waals surface area contributed by atoms with Crippen molar-refractivity contribution in [3.8, 4) is 5.75 Å². The van der Waals surface area contributed by atoms with E-state index in [0.29, 0.717) is 19.6 Å². The summed E-state index contributed by atoms with van der Waals surface area (Å²) < 4.78 is 10.8. The SMILES string of the molecule is CCOCCC(O)c1ccc(OC(C)C)cc1. The monoisotopic (exact) mass is 238 g/mol. The quantitative estimate of drug-likeness (QED) is 0.742. The van der Waals surface area contributed by atoms with E-state index in [2.05, 4.69) is 0 Å². The summed E-state index contributed by atoms with van der Waals surface area (Å²) in [5, 5.41) is 9.90. The molecule has 96 valence electrons. The fourth-order valence-electron chi connectivity index (χ4n) is 1.55. The average Bonchev–Trinajstić information content (AvgIpc) is 2.29. The fraction of sp³-hybridized carbons (Fsp3) is 0.571. The molecule has 0 radical (unpaired) electrons. The number of aliphatic hydroxyl groups excluding tert-OH is 1. The van der Waals surface area contributed by atoms with Crippen LogP contribution in [-0.4, -0.2) is 24.4 Å². The molecular weight excluding hydrogens is 216 g/mol. The molecule has 1 aromatic rings. The molecule has 3 nitrogen and oxygen atoms in total. The van der Waals surface area contributed by atoms with Crippen molar-refractivity contribution in [3.05, 3.63) is 29.8 Å². The van der Waals surface area contributed by atoms with Crippen LogP contribution < -0.4 is 4.74 Å². The first-order chi connectivity index (χ1) is 8.13. The molecule has 0 saturated carbocycles. The van der Waals surface area contributed by atoms with Crippen LogP contribution >= 0.6 is 0 Å². The Morgan fingerprint density at radius 3 is 2.35 bits per heavy atom. The van der Waals surface area contributed by atoms with Crippen molar-refractivity contribution in [1.82, 2.24) is 0 Å². The summed E-state index contributed by atoms with van der Waals surface area (Å²) in [6.07, 6.45) is 0.330. The van der Waals surface area contributed by atoms with Gasteiger partial charge in [-0.1, -0.05) is 12.1 Å². The first kappa shape index (κ1) is 14.0. The highest BCUT2D eigenvalue weighted by molar-refractivity contribution is 5.28. The predicted molar refractivity (Wildman–Crippen MR) is 68.3 cm³/mol. The van der Waals surface area contributed by atoms with E-state index >= 15 is 0 Å². The van der Waals surface area contributed by atoms with Crippen LogP contribution in [0.25, 0.3) is 0 Å². The smallest absolute Gasteiger partial charge is 0.119 e. The molecule has 3 heteroatoms. The summed E-state index contributed by atoms with van der Waals surface area (Å²) >= 11 is 0. The fourth-order valence-corrected chi connectivity index (χ4v) is 1.55. The summed E-state index contributed by atoms with van der Waals surface area (Å²) in [6.45, 7) is 7.20. The zero-order valence-electron chi connectivity index (χ0n) is 10.8. The summed E-state index contributed by atoms with van der Waals surface area (Å²) in [4.78, 5) is 0. The van der Waals surface area contributed by atoms with Crippen molar-refractivity contribution in [2.45, 2.75) is 39.4 Å². The Balaban J connectivity index is 2.48. The van der Waals surface area contributed by atoms with Crippen LogP contribution in [0.4, 0.5) is 0 Å². The van der Waals surface area contributed by atoms with Gasteiger partial charge in [0, 0.05) is 19.6 Å². The Kier molecular flexibility index (Phi) is 6.01. The van der Waals surface area contributed by atoms with Crippen LogP contribution in [0.2, 0.25) is 0 Å². The number of rotatable bonds is 7. The van der Waals surface area contributed by atoms with Gasteiger partial charge in [-0.05, 0) is 38.5 Å². The maximum atomic E-state index is 9.90. The molecule has 0 aliphatic heterocycles. The second-order valence-electron chi connectivity index (χ2n) is 4.24. The minimum absolute atomic E-state index is 0.170. The molecule has 0 saturated heterocycles. The zero-order valence-corrected chi connectivity index (χ0v) is 10.8. The van der Waals surface area contributed by atoms with Gasteiger partial charge in [0.2, 0.25) is 0 Å². The van der Waals surface area contributed by atoms with Gasteiger partial charge >= 0.3 is 0 Å². The lowest BCUT2D eigenvalue weighted by molar-refractivity contribution is 0.0886. The van der Waals surface area contributed by atoms with E-state index < -0.39 is 6.10 Å². The van der Waals surface area contributed by atoms with Crippen LogP contribution in [0.15, 0.2) is 24.3 Å². The summed E-state index contributed by atoms with van der Waals surface area (Å²) in [5.41, 5.74) is 0.904. The maximum absolute atomic E-state index is 9.90. The summed E-state index contributed by atoms with van der Waals surface area (Å²) in [7, 11) is 0. The minimum Gasteiger partial charge on any atom is -0.491 e. The highest BCUT2D eigenvalue weighted by Crippen LogP contribution is 2.20. The topological polar surface area (TPSA) is 38.7 Å². The Morgan fingerprint density at radius 1 is 1.18 bits per heavy atom. The molecule has 1 aromatic carbocycles. The van der Waals surface area contributed by atoms with Crippen LogP contribution in [-0.2, 0) is 4.74 Å². The molecule has 1 atom stereocenters. The molecular formula is C14H22O3. The average molecular weight is 238 g/mol. The van der Waals surface area contributed by atoms with Crippen molar-refractivity contribution < 1.29 is 14.6 Å². The summed E-state index contributed by atoms with van der Waals surface area (Å²) in [6, 6.07) is 7.57. The molecule has 1 unspecified atom stereocenters. The van der Waals surface area contributed by atoms with Crippen LogP contribution in [0.3, 0.4) is 0 Å². The van der Waals surface area contributed by atoms with Gasteiger partial charge in [0.05, 0.1) is 12.2 Å². The van der Waals surface area contributed by atoms with Gasteiger partial charge in [0.15, 0.2) is 0 Å². The maximum Gasteiger partial charge on any atom is 0.119 e. The first-order valence-electron chi connectivity index (χ1n) is 6.16. The molecule has 0 fully saturated rings. The van der Waals surface area contributed by atoms with E-state index in [-0.39, 0.29) is 6.10 Å². The van der Waals surface area contributed by atoms with Crippen LogP contribution in [0.5, 0.6) is 5.75 Å². The van der Waals surface area contributed by atoms with E-state index in [1.807, 2.05) is 45.0 Å². The van der Waals surface area contributed by atoms with Gasteiger partial charge in [0.25, 0.3) is 0 Å². The Hall–Kier alpha value is -1.06. The van der Waals surface area contributed by atoms with Crippen LogP contribution in [0, 0.1) is 0 Å². The van der Waals surface area contributed by atoms with Gasteiger partial charge in [-0.25, -0.2) is 0 Å². The Labute approximate surface area is 103 Å². The Bertz CT molecular complexity index is 306. The lowest BCUT2D eigenvalue weighted by Gasteiger charge is -2.13. The molecule has 1 N–H and O–H groups in total. The number of benzene rings is 1. The molecule has 0 amide bonds.